The Kier molecular flexibility index (Phi) is 6.83. The summed E-state index contributed by atoms with van der Waals surface area (Å²) in [4.78, 5) is 27.9. The van der Waals surface area contributed by atoms with Gasteiger partial charge in [0.15, 0.2) is 0 Å². The zero-order chi connectivity index (χ0) is 25.3. The number of furan rings is 1. The molecule has 1 saturated heterocycles. The molecule has 1 aliphatic heterocycles. The lowest BCUT2D eigenvalue weighted by Gasteiger charge is -2.25. The lowest BCUT2D eigenvalue weighted by atomic mass is 9.93. The average molecular weight is 474 g/mol. The molecule has 6 heteroatoms. The molecular formula is C29H31NO5. The van der Waals surface area contributed by atoms with Gasteiger partial charge < -0.3 is 19.2 Å². The fourth-order valence-electron chi connectivity index (χ4n) is 4.36. The van der Waals surface area contributed by atoms with E-state index in [1.54, 1.807) is 30.3 Å². The van der Waals surface area contributed by atoms with Crippen molar-refractivity contribution < 1.29 is 23.8 Å². The van der Waals surface area contributed by atoms with Crippen molar-refractivity contribution in [3.05, 3.63) is 94.4 Å². The number of likely N-dealkylation sites (tertiary alicyclic amines) is 1. The average Bonchev–Trinajstić information content (AvgIpc) is 3.42. The molecule has 182 valence electrons. The maximum Gasteiger partial charge on any atom is 0.296 e. The summed E-state index contributed by atoms with van der Waals surface area (Å²) >= 11 is 0. The summed E-state index contributed by atoms with van der Waals surface area (Å²) in [5.74, 6) is 0.0115. The number of hydrogen-bond donors (Lipinski definition) is 1. The number of aliphatic hydroxyl groups excluding tert-OH is 1. The minimum Gasteiger partial charge on any atom is -0.507 e. The van der Waals surface area contributed by atoms with Crippen LogP contribution >= 0.6 is 0 Å². The second kappa shape index (κ2) is 9.82. The van der Waals surface area contributed by atoms with Crippen molar-refractivity contribution in [3.63, 3.8) is 0 Å². The number of ether oxygens (including phenoxy) is 1. The number of aliphatic hydroxyl groups is 1. The summed E-state index contributed by atoms with van der Waals surface area (Å²) in [6.07, 6.45) is 1.54. The van der Waals surface area contributed by atoms with E-state index in [0.717, 1.165) is 16.7 Å². The van der Waals surface area contributed by atoms with Gasteiger partial charge in [0.1, 0.15) is 17.3 Å². The van der Waals surface area contributed by atoms with Crippen LogP contribution in [0.15, 0.2) is 70.9 Å². The molecule has 6 nitrogen and oxygen atoms in total. The van der Waals surface area contributed by atoms with Crippen molar-refractivity contribution in [2.24, 2.45) is 0 Å². The van der Waals surface area contributed by atoms with E-state index < -0.39 is 17.7 Å². The first-order valence-corrected chi connectivity index (χ1v) is 11.9. The zero-order valence-electron chi connectivity index (χ0n) is 20.7. The van der Waals surface area contributed by atoms with Gasteiger partial charge in [-0.15, -0.1) is 0 Å². The number of rotatable bonds is 7. The maximum absolute atomic E-state index is 13.3. The SMILES string of the molecule is Cc1cc(/C(O)=C2/C(=O)C(=O)N(Cc3ccco3)C2c2ccc(C(C)C)cc2)ccc1OC(C)C. The molecule has 35 heavy (non-hydrogen) atoms. The number of carbonyl (C=O) groups is 2. The molecule has 3 aromatic rings. The zero-order valence-corrected chi connectivity index (χ0v) is 20.7. The predicted molar refractivity (Wildman–Crippen MR) is 134 cm³/mol. The Balaban J connectivity index is 1.82. The van der Waals surface area contributed by atoms with Gasteiger partial charge in [0, 0.05) is 5.56 Å². The van der Waals surface area contributed by atoms with Crippen molar-refractivity contribution >= 4 is 17.4 Å². The van der Waals surface area contributed by atoms with Gasteiger partial charge in [-0.2, -0.15) is 0 Å². The summed E-state index contributed by atoms with van der Waals surface area (Å²) in [5.41, 5.74) is 3.24. The molecule has 1 N–H and O–H groups in total. The van der Waals surface area contributed by atoms with Gasteiger partial charge in [-0.1, -0.05) is 38.1 Å². The van der Waals surface area contributed by atoms with E-state index in [1.165, 1.54) is 11.2 Å². The number of ketones is 1. The van der Waals surface area contributed by atoms with E-state index in [-0.39, 0.29) is 24.0 Å². The standard InChI is InChI=1S/C29H31NO5/c1-17(2)20-8-10-21(11-9-20)26-25(28(32)29(33)30(26)16-23-7-6-14-34-23)27(31)22-12-13-24(19(5)15-22)35-18(3)4/h6-15,17-18,26,31H,16H2,1-5H3/b27-25-. The third-order valence-electron chi connectivity index (χ3n) is 6.18. The molecule has 0 aliphatic carbocycles. The summed E-state index contributed by atoms with van der Waals surface area (Å²) in [5, 5.41) is 11.3. The van der Waals surface area contributed by atoms with Gasteiger partial charge in [-0.25, -0.2) is 0 Å². The molecule has 0 saturated carbocycles. The van der Waals surface area contributed by atoms with Crippen LogP contribution in [-0.2, 0) is 16.1 Å². The molecule has 0 bridgehead atoms. The van der Waals surface area contributed by atoms with Crippen LogP contribution in [0.3, 0.4) is 0 Å². The highest BCUT2D eigenvalue weighted by Gasteiger charge is 2.46. The van der Waals surface area contributed by atoms with Crippen LogP contribution in [0.5, 0.6) is 5.75 Å². The van der Waals surface area contributed by atoms with E-state index in [4.69, 9.17) is 9.15 Å². The van der Waals surface area contributed by atoms with Crippen LogP contribution in [0, 0.1) is 6.92 Å². The Labute approximate surface area is 205 Å². The first-order valence-electron chi connectivity index (χ1n) is 11.9. The van der Waals surface area contributed by atoms with Gasteiger partial charge >= 0.3 is 0 Å². The molecule has 4 rings (SSSR count). The van der Waals surface area contributed by atoms with E-state index in [2.05, 4.69) is 13.8 Å². The van der Waals surface area contributed by atoms with Crippen molar-refractivity contribution in [1.82, 2.24) is 4.90 Å². The fourth-order valence-corrected chi connectivity index (χ4v) is 4.36. The van der Waals surface area contributed by atoms with Gasteiger partial charge in [0.05, 0.1) is 30.5 Å². The predicted octanol–water partition coefficient (Wildman–Crippen LogP) is 6.12. The van der Waals surface area contributed by atoms with Crippen molar-refractivity contribution in [2.45, 2.75) is 59.2 Å². The molecular weight excluding hydrogens is 442 g/mol. The number of benzene rings is 2. The van der Waals surface area contributed by atoms with E-state index >= 15 is 0 Å². The molecule has 1 unspecified atom stereocenters. The van der Waals surface area contributed by atoms with Gasteiger partial charge in [0.2, 0.25) is 0 Å². The number of hydrogen-bond acceptors (Lipinski definition) is 5. The molecule has 1 amide bonds. The first-order chi connectivity index (χ1) is 16.7. The molecule has 1 aromatic heterocycles. The van der Waals surface area contributed by atoms with Gasteiger partial charge in [0.25, 0.3) is 11.7 Å². The molecule has 1 fully saturated rings. The molecule has 0 radical (unpaired) electrons. The van der Waals surface area contributed by atoms with Crippen molar-refractivity contribution in [3.8, 4) is 5.75 Å². The summed E-state index contributed by atoms with van der Waals surface area (Å²) in [6, 6.07) is 15.8. The van der Waals surface area contributed by atoms with Crippen LogP contribution in [-0.4, -0.2) is 27.8 Å². The summed E-state index contributed by atoms with van der Waals surface area (Å²) in [7, 11) is 0. The molecule has 2 heterocycles. The molecule has 1 aliphatic rings. The minimum atomic E-state index is -0.742. The van der Waals surface area contributed by atoms with Crippen LogP contribution in [0.1, 0.15) is 67.7 Å². The third kappa shape index (κ3) is 4.87. The highest BCUT2D eigenvalue weighted by molar-refractivity contribution is 6.46. The van der Waals surface area contributed by atoms with Crippen LogP contribution < -0.4 is 4.74 Å². The van der Waals surface area contributed by atoms with E-state index in [9.17, 15) is 14.7 Å². The minimum absolute atomic E-state index is 0.00823. The second-order valence-electron chi connectivity index (χ2n) is 9.47. The second-order valence-corrected chi connectivity index (χ2v) is 9.47. The molecule has 0 spiro atoms. The summed E-state index contributed by atoms with van der Waals surface area (Å²) in [6.45, 7) is 10.1. The largest absolute Gasteiger partial charge is 0.507 e. The first kappa shape index (κ1) is 24.3. The third-order valence-corrected chi connectivity index (χ3v) is 6.18. The molecule has 2 aromatic carbocycles. The Bertz CT molecular complexity index is 1250. The number of carbonyl (C=O) groups excluding carboxylic acids is 2. The van der Waals surface area contributed by atoms with Crippen molar-refractivity contribution in [2.75, 3.05) is 0 Å². The van der Waals surface area contributed by atoms with Crippen molar-refractivity contribution in [1.29, 1.82) is 0 Å². The van der Waals surface area contributed by atoms with E-state index in [1.807, 2.05) is 45.0 Å². The smallest absolute Gasteiger partial charge is 0.296 e. The van der Waals surface area contributed by atoms with Crippen LogP contribution in [0.25, 0.3) is 5.76 Å². The Hall–Kier alpha value is -3.80. The Morgan fingerprint density at radius 1 is 1.06 bits per heavy atom. The van der Waals surface area contributed by atoms with Crippen LogP contribution in [0.2, 0.25) is 0 Å². The van der Waals surface area contributed by atoms with E-state index in [0.29, 0.717) is 23.0 Å². The van der Waals surface area contributed by atoms with Gasteiger partial charge in [-0.3, -0.25) is 9.59 Å². The lowest BCUT2D eigenvalue weighted by molar-refractivity contribution is -0.140. The van der Waals surface area contributed by atoms with Gasteiger partial charge in [-0.05, 0) is 73.7 Å². The fraction of sp³-hybridized carbons (Fsp3) is 0.310. The monoisotopic (exact) mass is 473 g/mol. The topological polar surface area (TPSA) is 80.0 Å². The highest BCUT2D eigenvalue weighted by Crippen LogP contribution is 2.41. The maximum atomic E-state index is 13.3. The summed E-state index contributed by atoms with van der Waals surface area (Å²) < 4.78 is 11.3. The number of aryl methyl sites for hydroxylation is 1. The number of nitrogens with zero attached hydrogens (tertiary/aromatic N) is 1. The highest BCUT2D eigenvalue weighted by atomic mass is 16.5. The molecule has 1 atom stereocenters. The van der Waals surface area contributed by atoms with Crippen LogP contribution in [0.4, 0.5) is 0 Å². The Morgan fingerprint density at radius 2 is 1.77 bits per heavy atom. The Morgan fingerprint density at radius 3 is 2.34 bits per heavy atom. The quantitative estimate of drug-likeness (QED) is 0.254. The lowest BCUT2D eigenvalue weighted by Crippen LogP contribution is -2.29. The number of amides is 1. The normalized spacial score (nSPS) is 17.6. The number of Topliss-reactive ketones (excluding diaryl/α,β-unsaturated/α-hetero) is 1.